The lowest BCUT2D eigenvalue weighted by Crippen LogP contribution is -2.37. The Labute approximate surface area is 128 Å². The molecule has 114 valence electrons. The zero-order valence-corrected chi connectivity index (χ0v) is 13.2. The van der Waals surface area contributed by atoms with Gasteiger partial charge in [0.15, 0.2) is 5.96 Å². The summed E-state index contributed by atoms with van der Waals surface area (Å²) >= 11 is 1.70. The highest BCUT2D eigenvalue weighted by molar-refractivity contribution is 7.11. The standard InChI is InChI=1S/C13H21N7S/c1-11-7-16-12(21-11)8-17-13(14-2)15-5-3-4-6-20-9-18-19-10-20/h7,9-10H,3-6,8H2,1-2H3,(H2,14,15,17). The Kier molecular flexibility index (Phi) is 6.14. The van der Waals surface area contributed by atoms with Crippen molar-refractivity contribution >= 4 is 17.3 Å². The minimum Gasteiger partial charge on any atom is -0.356 e. The first kappa shape index (κ1) is 15.4. The average Bonchev–Trinajstić information content (AvgIpc) is 3.13. The largest absolute Gasteiger partial charge is 0.356 e. The SMILES string of the molecule is CN=C(NCCCCn1cnnc1)NCc1ncc(C)s1. The molecule has 0 atom stereocenters. The Hall–Kier alpha value is -1.96. The maximum Gasteiger partial charge on any atom is 0.191 e. The van der Waals surface area contributed by atoms with Crippen molar-refractivity contribution in [1.29, 1.82) is 0 Å². The number of hydrogen-bond donors (Lipinski definition) is 2. The second-order valence-electron chi connectivity index (χ2n) is 4.62. The predicted octanol–water partition coefficient (Wildman–Crippen LogP) is 1.19. The number of guanidine groups is 1. The van der Waals surface area contributed by atoms with E-state index < -0.39 is 0 Å². The molecule has 2 rings (SSSR count). The molecule has 2 aromatic rings. The van der Waals surface area contributed by atoms with E-state index in [-0.39, 0.29) is 0 Å². The van der Waals surface area contributed by atoms with Crippen LogP contribution < -0.4 is 10.6 Å². The van der Waals surface area contributed by atoms with Gasteiger partial charge in [-0.25, -0.2) is 4.98 Å². The summed E-state index contributed by atoms with van der Waals surface area (Å²) in [7, 11) is 1.78. The molecule has 0 fully saturated rings. The summed E-state index contributed by atoms with van der Waals surface area (Å²) in [4.78, 5) is 9.75. The smallest absolute Gasteiger partial charge is 0.191 e. The molecule has 7 nitrogen and oxygen atoms in total. The minimum atomic E-state index is 0.707. The lowest BCUT2D eigenvalue weighted by molar-refractivity contribution is 0.597. The molecule has 0 amide bonds. The molecule has 21 heavy (non-hydrogen) atoms. The Morgan fingerprint density at radius 3 is 2.76 bits per heavy atom. The molecule has 2 aromatic heterocycles. The number of nitrogens with one attached hydrogen (secondary N) is 2. The summed E-state index contributed by atoms with van der Waals surface area (Å²) in [5, 5.41) is 15.2. The van der Waals surface area contributed by atoms with Crippen LogP contribution in [0.2, 0.25) is 0 Å². The van der Waals surface area contributed by atoms with Crippen molar-refractivity contribution in [3.05, 3.63) is 28.7 Å². The number of nitrogens with zero attached hydrogens (tertiary/aromatic N) is 5. The summed E-state index contributed by atoms with van der Waals surface area (Å²) < 4.78 is 1.98. The second-order valence-corrected chi connectivity index (χ2v) is 5.94. The monoisotopic (exact) mass is 307 g/mol. The second kappa shape index (κ2) is 8.35. The first-order valence-electron chi connectivity index (χ1n) is 6.96. The van der Waals surface area contributed by atoms with Gasteiger partial charge in [-0.3, -0.25) is 4.99 Å². The summed E-state index contributed by atoms with van der Waals surface area (Å²) in [5.74, 6) is 0.812. The van der Waals surface area contributed by atoms with Crippen molar-refractivity contribution in [2.45, 2.75) is 32.9 Å². The van der Waals surface area contributed by atoms with Crippen LogP contribution in [0.15, 0.2) is 23.8 Å². The number of hydrogen-bond acceptors (Lipinski definition) is 5. The first-order chi connectivity index (χ1) is 10.3. The van der Waals surface area contributed by atoms with Crippen molar-refractivity contribution in [3.8, 4) is 0 Å². The van der Waals surface area contributed by atoms with E-state index in [1.165, 1.54) is 4.88 Å². The summed E-state index contributed by atoms with van der Waals surface area (Å²) in [6.45, 7) is 4.60. The zero-order chi connectivity index (χ0) is 14.9. The Morgan fingerprint density at radius 1 is 1.29 bits per heavy atom. The van der Waals surface area contributed by atoms with Gasteiger partial charge in [0.05, 0.1) is 6.54 Å². The van der Waals surface area contributed by atoms with E-state index in [0.717, 1.165) is 36.9 Å². The van der Waals surface area contributed by atoms with E-state index >= 15 is 0 Å². The van der Waals surface area contributed by atoms with Crippen LogP contribution in [0.1, 0.15) is 22.7 Å². The number of rotatable bonds is 7. The van der Waals surface area contributed by atoms with Crippen LogP contribution in [0.25, 0.3) is 0 Å². The maximum absolute atomic E-state index is 4.32. The van der Waals surface area contributed by atoms with Gasteiger partial charge < -0.3 is 15.2 Å². The molecular formula is C13H21N7S. The van der Waals surface area contributed by atoms with E-state index in [1.54, 1.807) is 31.0 Å². The van der Waals surface area contributed by atoms with Gasteiger partial charge in [-0.05, 0) is 19.8 Å². The number of unbranched alkanes of at least 4 members (excludes halogenated alkanes) is 1. The van der Waals surface area contributed by atoms with E-state index in [2.05, 4.69) is 37.7 Å². The van der Waals surface area contributed by atoms with Crippen molar-refractivity contribution in [3.63, 3.8) is 0 Å². The lowest BCUT2D eigenvalue weighted by atomic mass is 10.3. The molecule has 0 aromatic carbocycles. The number of aliphatic imine (C=N–C) groups is 1. The van der Waals surface area contributed by atoms with E-state index in [9.17, 15) is 0 Å². The summed E-state index contributed by atoms with van der Waals surface area (Å²) in [6.07, 6.45) is 7.51. The Balaban J connectivity index is 1.59. The van der Waals surface area contributed by atoms with Gasteiger partial charge in [-0.15, -0.1) is 21.5 Å². The topological polar surface area (TPSA) is 80.0 Å². The van der Waals surface area contributed by atoms with E-state index in [1.807, 2.05) is 10.8 Å². The van der Waals surface area contributed by atoms with E-state index in [4.69, 9.17) is 0 Å². The van der Waals surface area contributed by atoms with Gasteiger partial charge in [0.25, 0.3) is 0 Å². The number of thiazole rings is 1. The van der Waals surface area contributed by atoms with Gasteiger partial charge in [-0.1, -0.05) is 0 Å². The molecule has 2 N–H and O–H groups in total. The fourth-order valence-corrected chi connectivity index (χ4v) is 2.55. The normalized spacial score (nSPS) is 11.6. The van der Waals surface area contributed by atoms with Crippen molar-refractivity contribution in [2.24, 2.45) is 4.99 Å². The molecule has 0 aliphatic rings. The van der Waals surface area contributed by atoms with Crippen molar-refractivity contribution in [2.75, 3.05) is 13.6 Å². The zero-order valence-electron chi connectivity index (χ0n) is 12.4. The molecule has 2 heterocycles. The van der Waals surface area contributed by atoms with Gasteiger partial charge in [0, 0.05) is 31.2 Å². The molecular weight excluding hydrogens is 286 g/mol. The quantitative estimate of drug-likeness (QED) is 0.456. The third-order valence-electron chi connectivity index (χ3n) is 2.90. The highest BCUT2D eigenvalue weighted by Gasteiger charge is 2.01. The molecule has 0 radical (unpaired) electrons. The van der Waals surface area contributed by atoms with Gasteiger partial charge in [-0.2, -0.15) is 0 Å². The Morgan fingerprint density at radius 2 is 2.10 bits per heavy atom. The maximum atomic E-state index is 4.32. The summed E-state index contributed by atoms with van der Waals surface area (Å²) in [6, 6.07) is 0. The number of aryl methyl sites for hydroxylation is 2. The van der Waals surface area contributed by atoms with Crippen LogP contribution in [0.4, 0.5) is 0 Å². The average molecular weight is 307 g/mol. The van der Waals surface area contributed by atoms with Crippen LogP contribution in [0.3, 0.4) is 0 Å². The highest BCUT2D eigenvalue weighted by Crippen LogP contribution is 2.10. The van der Waals surface area contributed by atoms with Crippen LogP contribution >= 0.6 is 11.3 Å². The molecule has 8 heteroatoms. The van der Waals surface area contributed by atoms with Gasteiger partial charge in [0.1, 0.15) is 17.7 Å². The van der Waals surface area contributed by atoms with Crippen LogP contribution in [0, 0.1) is 6.92 Å². The molecule has 0 spiro atoms. The lowest BCUT2D eigenvalue weighted by Gasteiger charge is -2.10. The molecule has 0 saturated carbocycles. The molecule has 0 unspecified atom stereocenters. The molecule has 0 bridgehead atoms. The molecule has 0 aliphatic heterocycles. The molecule has 0 saturated heterocycles. The predicted molar refractivity (Wildman–Crippen MR) is 84.3 cm³/mol. The third kappa shape index (κ3) is 5.50. The fourth-order valence-electron chi connectivity index (χ4n) is 1.83. The van der Waals surface area contributed by atoms with Crippen LogP contribution in [0.5, 0.6) is 0 Å². The van der Waals surface area contributed by atoms with Crippen molar-refractivity contribution < 1.29 is 0 Å². The highest BCUT2D eigenvalue weighted by atomic mass is 32.1. The van der Waals surface area contributed by atoms with Gasteiger partial charge in [0.2, 0.25) is 0 Å². The van der Waals surface area contributed by atoms with E-state index in [0.29, 0.717) is 6.54 Å². The Bertz CT molecular complexity index is 547. The minimum absolute atomic E-state index is 0.707. The van der Waals surface area contributed by atoms with Crippen LogP contribution in [-0.4, -0.2) is 39.3 Å². The van der Waals surface area contributed by atoms with Gasteiger partial charge >= 0.3 is 0 Å². The number of aromatic nitrogens is 4. The fraction of sp³-hybridized carbons (Fsp3) is 0.538. The summed E-state index contributed by atoms with van der Waals surface area (Å²) in [5.41, 5.74) is 0. The first-order valence-corrected chi connectivity index (χ1v) is 7.78. The third-order valence-corrected chi connectivity index (χ3v) is 3.81. The van der Waals surface area contributed by atoms with Crippen LogP contribution in [-0.2, 0) is 13.1 Å². The van der Waals surface area contributed by atoms with Crippen molar-refractivity contribution in [1.82, 2.24) is 30.4 Å². The molecule has 0 aliphatic carbocycles.